The lowest BCUT2D eigenvalue weighted by molar-refractivity contribution is 0.452. The van der Waals surface area contributed by atoms with Gasteiger partial charge >= 0.3 is 0 Å². The number of benzene rings is 1. The minimum Gasteiger partial charge on any atom is -0.439 e. The summed E-state index contributed by atoms with van der Waals surface area (Å²) in [7, 11) is 0. The number of hydrogen-bond acceptors (Lipinski definition) is 4. The Hall–Kier alpha value is -2.48. The van der Waals surface area contributed by atoms with Crippen LogP contribution >= 0.6 is 0 Å². The van der Waals surface area contributed by atoms with E-state index in [1.807, 2.05) is 19.9 Å². The van der Waals surface area contributed by atoms with Crippen LogP contribution in [0.3, 0.4) is 0 Å². The standard InChI is InChI=1S/C14H12FN3O/c1-9(2)14-17-11(8-16)7-13(18-14)19-12-5-3-4-10(15)6-12/h3-7,9H,1-2H3. The fourth-order valence-electron chi connectivity index (χ4n) is 1.46. The predicted molar refractivity (Wildman–Crippen MR) is 67.3 cm³/mol. The molecular formula is C14H12FN3O. The highest BCUT2D eigenvalue weighted by Gasteiger charge is 2.09. The molecule has 0 N–H and O–H groups in total. The Kier molecular flexibility index (Phi) is 3.71. The zero-order valence-electron chi connectivity index (χ0n) is 10.6. The molecule has 0 aliphatic rings. The predicted octanol–water partition coefficient (Wildman–Crippen LogP) is 3.40. The van der Waals surface area contributed by atoms with Gasteiger partial charge in [0.2, 0.25) is 5.88 Å². The van der Waals surface area contributed by atoms with E-state index in [1.165, 1.54) is 18.2 Å². The lowest BCUT2D eigenvalue weighted by Gasteiger charge is -2.08. The molecule has 0 aliphatic carbocycles. The highest BCUT2D eigenvalue weighted by atomic mass is 19.1. The van der Waals surface area contributed by atoms with Crippen LogP contribution in [0.2, 0.25) is 0 Å². The van der Waals surface area contributed by atoms with Crippen molar-refractivity contribution >= 4 is 0 Å². The van der Waals surface area contributed by atoms with E-state index in [4.69, 9.17) is 10.00 Å². The van der Waals surface area contributed by atoms with Gasteiger partial charge in [-0.05, 0) is 12.1 Å². The fraction of sp³-hybridized carbons (Fsp3) is 0.214. The average Bonchev–Trinajstić information content (AvgIpc) is 2.38. The molecule has 0 unspecified atom stereocenters. The maximum atomic E-state index is 13.1. The van der Waals surface area contributed by atoms with Crippen LogP contribution in [0.4, 0.5) is 4.39 Å². The van der Waals surface area contributed by atoms with Crippen molar-refractivity contribution in [3.8, 4) is 17.7 Å². The van der Waals surface area contributed by atoms with Gasteiger partial charge in [-0.25, -0.2) is 9.37 Å². The molecule has 0 fully saturated rings. The number of halogens is 1. The Bertz CT molecular complexity index is 635. The van der Waals surface area contributed by atoms with Gasteiger partial charge in [0.1, 0.15) is 29.2 Å². The molecule has 0 aliphatic heterocycles. The van der Waals surface area contributed by atoms with Gasteiger partial charge in [-0.3, -0.25) is 0 Å². The van der Waals surface area contributed by atoms with Gasteiger partial charge in [-0.15, -0.1) is 0 Å². The van der Waals surface area contributed by atoms with E-state index in [2.05, 4.69) is 9.97 Å². The van der Waals surface area contributed by atoms with Gasteiger partial charge in [0.15, 0.2) is 0 Å². The summed E-state index contributed by atoms with van der Waals surface area (Å²) in [4.78, 5) is 8.28. The number of rotatable bonds is 3. The maximum Gasteiger partial charge on any atom is 0.223 e. The van der Waals surface area contributed by atoms with E-state index < -0.39 is 5.82 Å². The smallest absolute Gasteiger partial charge is 0.223 e. The zero-order valence-corrected chi connectivity index (χ0v) is 10.6. The molecule has 2 rings (SSSR count). The summed E-state index contributed by atoms with van der Waals surface area (Å²) < 4.78 is 18.5. The summed E-state index contributed by atoms with van der Waals surface area (Å²) in [6, 6.07) is 9.12. The average molecular weight is 257 g/mol. The van der Waals surface area contributed by atoms with Gasteiger partial charge in [0.25, 0.3) is 0 Å². The van der Waals surface area contributed by atoms with E-state index in [0.29, 0.717) is 11.6 Å². The molecule has 0 bridgehead atoms. The van der Waals surface area contributed by atoms with Gasteiger partial charge in [-0.2, -0.15) is 10.2 Å². The molecule has 0 saturated carbocycles. The second-order valence-corrected chi connectivity index (χ2v) is 4.28. The fourth-order valence-corrected chi connectivity index (χ4v) is 1.46. The molecule has 1 heterocycles. The Balaban J connectivity index is 2.34. The quantitative estimate of drug-likeness (QED) is 0.845. The van der Waals surface area contributed by atoms with Gasteiger partial charge < -0.3 is 4.74 Å². The van der Waals surface area contributed by atoms with Crippen molar-refractivity contribution in [1.29, 1.82) is 5.26 Å². The van der Waals surface area contributed by atoms with Gasteiger partial charge in [-0.1, -0.05) is 19.9 Å². The Morgan fingerprint density at radius 1 is 1.26 bits per heavy atom. The lowest BCUT2D eigenvalue weighted by Crippen LogP contribution is -2.01. The van der Waals surface area contributed by atoms with E-state index in [1.54, 1.807) is 12.1 Å². The molecule has 0 amide bonds. The summed E-state index contributed by atoms with van der Waals surface area (Å²) in [6.07, 6.45) is 0. The van der Waals surface area contributed by atoms with Crippen molar-refractivity contribution in [1.82, 2.24) is 9.97 Å². The number of nitriles is 1. The molecule has 0 saturated heterocycles. The summed E-state index contributed by atoms with van der Waals surface area (Å²) in [5, 5.41) is 8.92. The molecule has 0 spiro atoms. The van der Waals surface area contributed by atoms with Crippen molar-refractivity contribution in [2.45, 2.75) is 19.8 Å². The van der Waals surface area contributed by atoms with Crippen LogP contribution in [0.1, 0.15) is 31.3 Å². The van der Waals surface area contributed by atoms with Crippen molar-refractivity contribution in [2.24, 2.45) is 0 Å². The minimum atomic E-state index is -0.392. The normalized spacial score (nSPS) is 10.3. The summed E-state index contributed by atoms with van der Waals surface area (Å²) >= 11 is 0. The molecular weight excluding hydrogens is 245 g/mol. The minimum absolute atomic E-state index is 0.0724. The first kappa shape index (κ1) is 13.0. The Morgan fingerprint density at radius 2 is 2.05 bits per heavy atom. The molecule has 5 heteroatoms. The van der Waals surface area contributed by atoms with Crippen LogP contribution in [0.5, 0.6) is 11.6 Å². The van der Waals surface area contributed by atoms with Crippen molar-refractivity contribution in [3.63, 3.8) is 0 Å². The lowest BCUT2D eigenvalue weighted by atomic mass is 10.2. The Morgan fingerprint density at radius 3 is 2.68 bits per heavy atom. The van der Waals surface area contributed by atoms with E-state index >= 15 is 0 Å². The molecule has 0 radical (unpaired) electrons. The molecule has 1 aromatic heterocycles. The number of aromatic nitrogens is 2. The monoisotopic (exact) mass is 257 g/mol. The van der Waals surface area contributed by atoms with E-state index in [-0.39, 0.29) is 17.5 Å². The number of ether oxygens (including phenoxy) is 1. The summed E-state index contributed by atoms with van der Waals surface area (Å²) in [5.74, 6) is 0.767. The van der Waals surface area contributed by atoms with Crippen LogP contribution < -0.4 is 4.74 Å². The molecule has 0 atom stereocenters. The maximum absolute atomic E-state index is 13.1. The second kappa shape index (κ2) is 5.44. The third-order valence-corrected chi connectivity index (χ3v) is 2.37. The van der Waals surface area contributed by atoms with Crippen molar-refractivity contribution in [3.05, 3.63) is 47.7 Å². The van der Waals surface area contributed by atoms with Crippen molar-refractivity contribution in [2.75, 3.05) is 0 Å². The van der Waals surface area contributed by atoms with Crippen LogP contribution in [-0.4, -0.2) is 9.97 Å². The highest BCUT2D eigenvalue weighted by molar-refractivity contribution is 5.31. The zero-order chi connectivity index (χ0) is 13.8. The highest BCUT2D eigenvalue weighted by Crippen LogP contribution is 2.22. The van der Waals surface area contributed by atoms with Crippen LogP contribution in [0, 0.1) is 17.1 Å². The van der Waals surface area contributed by atoms with Gasteiger partial charge in [0, 0.05) is 18.1 Å². The first-order valence-corrected chi connectivity index (χ1v) is 5.81. The SMILES string of the molecule is CC(C)c1nc(C#N)cc(Oc2cccc(F)c2)n1. The summed E-state index contributed by atoms with van der Waals surface area (Å²) in [5.41, 5.74) is 0.227. The molecule has 4 nitrogen and oxygen atoms in total. The number of hydrogen-bond donors (Lipinski definition) is 0. The molecule has 19 heavy (non-hydrogen) atoms. The van der Waals surface area contributed by atoms with Gasteiger partial charge in [0.05, 0.1) is 0 Å². The first-order chi connectivity index (χ1) is 9.08. The third-order valence-electron chi connectivity index (χ3n) is 2.37. The molecule has 2 aromatic rings. The van der Waals surface area contributed by atoms with E-state index in [0.717, 1.165) is 0 Å². The third kappa shape index (κ3) is 3.26. The topological polar surface area (TPSA) is 58.8 Å². The van der Waals surface area contributed by atoms with Crippen LogP contribution in [0.15, 0.2) is 30.3 Å². The van der Waals surface area contributed by atoms with Crippen LogP contribution in [-0.2, 0) is 0 Å². The van der Waals surface area contributed by atoms with Crippen molar-refractivity contribution < 1.29 is 9.13 Å². The first-order valence-electron chi connectivity index (χ1n) is 5.81. The van der Waals surface area contributed by atoms with E-state index in [9.17, 15) is 4.39 Å². The second-order valence-electron chi connectivity index (χ2n) is 4.28. The largest absolute Gasteiger partial charge is 0.439 e. The number of nitrogens with zero attached hydrogens (tertiary/aromatic N) is 3. The molecule has 96 valence electrons. The Labute approximate surface area is 110 Å². The summed E-state index contributed by atoms with van der Waals surface area (Å²) in [6.45, 7) is 3.84. The molecule has 1 aromatic carbocycles. The van der Waals surface area contributed by atoms with Crippen LogP contribution in [0.25, 0.3) is 0 Å².